The first-order valence-electron chi connectivity index (χ1n) is 2.73. The minimum Gasteiger partial charge on any atom is -0.290 e. The molecule has 3 heteroatoms. The number of aromatic nitrogens is 1. The van der Waals surface area contributed by atoms with Gasteiger partial charge in [-0.05, 0) is 12.1 Å². The third-order valence-corrected chi connectivity index (χ3v) is 1.06. The number of rotatable bonds is 1. The fraction of sp³-hybridized carbons (Fsp3) is 0. The van der Waals surface area contributed by atoms with E-state index in [0.717, 1.165) is 0 Å². The van der Waals surface area contributed by atoms with Crippen molar-refractivity contribution >= 4 is 5.71 Å². The Morgan fingerprint density at radius 1 is 1.70 bits per heavy atom. The van der Waals surface area contributed by atoms with Gasteiger partial charge in [-0.1, -0.05) is 0 Å². The van der Waals surface area contributed by atoms with Gasteiger partial charge < -0.3 is 0 Å². The monoisotopic (exact) mass is 131 g/mol. The molecule has 10 heavy (non-hydrogen) atoms. The molecule has 0 unspecified atom stereocenters. The van der Waals surface area contributed by atoms with Crippen LogP contribution < -0.4 is 0 Å². The second-order valence-electron chi connectivity index (χ2n) is 1.73. The zero-order valence-electron chi connectivity index (χ0n) is 5.20. The Hall–Kier alpha value is -1.69. The summed E-state index contributed by atoms with van der Waals surface area (Å²) in [6.07, 6.45) is 3.10. The van der Waals surface area contributed by atoms with Gasteiger partial charge in [0.2, 0.25) is 0 Å². The molecule has 1 heterocycles. The Balaban J connectivity index is 2.99. The number of nitrogens with zero attached hydrogens (tertiary/aromatic N) is 2. The van der Waals surface area contributed by atoms with Gasteiger partial charge in [-0.3, -0.25) is 10.4 Å². The maximum atomic E-state index is 8.29. The van der Waals surface area contributed by atoms with E-state index in [1.165, 1.54) is 6.20 Å². The first kappa shape index (κ1) is 6.43. The molecule has 0 aliphatic carbocycles. The summed E-state index contributed by atoms with van der Waals surface area (Å²) in [5, 5.41) is 15.4. The van der Waals surface area contributed by atoms with E-state index in [0.29, 0.717) is 5.56 Å². The first-order chi connectivity index (χ1) is 4.84. The summed E-state index contributed by atoms with van der Waals surface area (Å²) in [7, 11) is 0. The number of nitriles is 1. The molecule has 3 nitrogen and oxygen atoms in total. The quantitative estimate of drug-likeness (QED) is 0.577. The molecule has 0 saturated carbocycles. The van der Waals surface area contributed by atoms with Gasteiger partial charge in [-0.15, -0.1) is 0 Å². The lowest BCUT2D eigenvalue weighted by atomic mass is 10.2. The van der Waals surface area contributed by atoms with Crippen LogP contribution in [0.4, 0.5) is 0 Å². The fourth-order valence-electron chi connectivity index (χ4n) is 0.575. The van der Waals surface area contributed by atoms with Crippen LogP contribution in [0.15, 0.2) is 24.5 Å². The van der Waals surface area contributed by atoms with E-state index in [-0.39, 0.29) is 5.71 Å². The van der Waals surface area contributed by atoms with Gasteiger partial charge in [-0.25, -0.2) is 0 Å². The molecule has 0 amide bonds. The predicted octanol–water partition coefficient (Wildman–Crippen LogP) is 0.973. The molecule has 0 spiro atoms. The minimum atomic E-state index is -0.0481. The van der Waals surface area contributed by atoms with E-state index < -0.39 is 0 Å². The first-order valence-corrected chi connectivity index (χ1v) is 2.73. The van der Waals surface area contributed by atoms with E-state index in [1.54, 1.807) is 24.4 Å². The molecule has 48 valence electrons. The summed E-state index contributed by atoms with van der Waals surface area (Å²) in [5.74, 6) is 0. The van der Waals surface area contributed by atoms with Gasteiger partial charge in [0.1, 0.15) is 11.8 Å². The van der Waals surface area contributed by atoms with Crippen molar-refractivity contribution in [2.75, 3.05) is 0 Å². The third kappa shape index (κ3) is 1.17. The number of pyridine rings is 1. The predicted molar refractivity (Wildman–Crippen MR) is 36.7 cm³/mol. The highest BCUT2D eigenvalue weighted by atomic mass is 14.6. The fourth-order valence-corrected chi connectivity index (χ4v) is 0.575. The Morgan fingerprint density at radius 3 is 3.00 bits per heavy atom. The van der Waals surface area contributed by atoms with Crippen molar-refractivity contribution in [2.24, 2.45) is 0 Å². The lowest BCUT2D eigenvalue weighted by Gasteiger charge is -1.89. The molecule has 1 aromatic rings. The molecule has 0 aliphatic rings. The summed E-state index contributed by atoms with van der Waals surface area (Å²) in [4.78, 5) is 3.76. The van der Waals surface area contributed by atoms with Crippen molar-refractivity contribution in [2.45, 2.75) is 0 Å². The van der Waals surface area contributed by atoms with Crippen molar-refractivity contribution in [3.05, 3.63) is 30.1 Å². The van der Waals surface area contributed by atoms with Crippen LogP contribution in [0.3, 0.4) is 0 Å². The summed E-state index contributed by atoms with van der Waals surface area (Å²) in [5.41, 5.74) is 0.512. The molecule has 0 radical (unpaired) electrons. The summed E-state index contributed by atoms with van der Waals surface area (Å²) < 4.78 is 0. The van der Waals surface area contributed by atoms with Crippen molar-refractivity contribution in [3.8, 4) is 6.07 Å². The lowest BCUT2D eigenvalue weighted by molar-refractivity contribution is 1.31. The minimum absolute atomic E-state index is 0.0481. The summed E-state index contributed by atoms with van der Waals surface area (Å²) >= 11 is 0. The Bertz CT molecular complexity index is 271. The zero-order valence-corrected chi connectivity index (χ0v) is 5.20. The third-order valence-electron chi connectivity index (χ3n) is 1.06. The van der Waals surface area contributed by atoms with Crippen LogP contribution in [0.5, 0.6) is 0 Å². The Morgan fingerprint density at radius 2 is 2.50 bits per heavy atom. The van der Waals surface area contributed by atoms with Gasteiger partial charge in [0.25, 0.3) is 0 Å². The molecule has 0 bridgehead atoms. The highest BCUT2D eigenvalue weighted by molar-refractivity contribution is 6.09. The molecule has 1 N–H and O–H groups in total. The van der Waals surface area contributed by atoms with Crippen LogP contribution in [0.25, 0.3) is 0 Å². The van der Waals surface area contributed by atoms with E-state index in [1.807, 2.05) is 0 Å². The normalized spacial score (nSPS) is 8.30. The highest BCUT2D eigenvalue weighted by Gasteiger charge is 1.95. The highest BCUT2D eigenvalue weighted by Crippen LogP contribution is 1.94. The molecule has 0 fully saturated rings. The van der Waals surface area contributed by atoms with E-state index >= 15 is 0 Å². The van der Waals surface area contributed by atoms with Crippen LogP contribution >= 0.6 is 0 Å². The van der Waals surface area contributed by atoms with Gasteiger partial charge in [-0.2, -0.15) is 5.26 Å². The molecular formula is C7H5N3. The SMILES string of the molecule is N#CC(=N)c1cccnc1. The maximum absolute atomic E-state index is 8.29. The van der Waals surface area contributed by atoms with Crippen LogP contribution in [0.1, 0.15) is 5.56 Å². The maximum Gasteiger partial charge on any atom is 0.140 e. The largest absolute Gasteiger partial charge is 0.290 e. The lowest BCUT2D eigenvalue weighted by Crippen LogP contribution is -1.93. The van der Waals surface area contributed by atoms with Crippen LogP contribution in [0, 0.1) is 16.7 Å². The molecule has 0 aliphatic heterocycles. The molecule has 1 rings (SSSR count). The topological polar surface area (TPSA) is 60.5 Å². The van der Waals surface area contributed by atoms with Gasteiger partial charge in [0.15, 0.2) is 0 Å². The van der Waals surface area contributed by atoms with Crippen molar-refractivity contribution < 1.29 is 0 Å². The van der Waals surface area contributed by atoms with Crippen molar-refractivity contribution in [3.63, 3.8) is 0 Å². The Kier molecular flexibility index (Phi) is 1.76. The molecule has 0 saturated heterocycles. The molecule has 0 aromatic carbocycles. The Labute approximate surface area is 58.5 Å². The van der Waals surface area contributed by atoms with Crippen LogP contribution in [-0.2, 0) is 0 Å². The molecular weight excluding hydrogens is 126 g/mol. The number of nitrogens with one attached hydrogen (secondary N) is 1. The second-order valence-corrected chi connectivity index (χ2v) is 1.73. The van der Waals surface area contributed by atoms with Gasteiger partial charge in [0.05, 0.1) is 0 Å². The molecule has 0 atom stereocenters. The second kappa shape index (κ2) is 2.74. The standard InChI is InChI=1S/C7H5N3/c8-4-7(9)6-2-1-3-10-5-6/h1-3,5,9H. The van der Waals surface area contributed by atoms with E-state index in [2.05, 4.69) is 4.98 Å². The van der Waals surface area contributed by atoms with E-state index in [4.69, 9.17) is 10.7 Å². The zero-order chi connectivity index (χ0) is 7.40. The van der Waals surface area contributed by atoms with Crippen LogP contribution in [0.2, 0.25) is 0 Å². The van der Waals surface area contributed by atoms with Crippen molar-refractivity contribution in [1.29, 1.82) is 10.7 Å². The number of hydrogen-bond donors (Lipinski definition) is 1. The molecule has 1 aromatic heterocycles. The summed E-state index contributed by atoms with van der Waals surface area (Å²) in [6, 6.07) is 5.10. The smallest absolute Gasteiger partial charge is 0.140 e. The summed E-state index contributed by atoms with van der Waals surface area (Å²) in [6.45, 7) is 0. The average Bonchev–Trinajstić information content (AvgIpc) is 2.05. The average molecular weight is 131 g/mol. The van der Waals surface area contributed by atoms with Crippen LogP contribution in [-0.4, -0.2) is 10.7 Å². The number of hydrogen-bond acceptors (Lipinski definition) is 3. The van der Waals surface area contributed by atoms with E-state index in [9.17, 15) is 0 Å². The van der Waals surface area contributed by atoms with Gasteiger partial charge >= 0.3 is 0 Å². The van der Waals surface area contributed by atoms with Gasteiger partial charge in [0, 0.05) is 18.0 Å². The van der Waals surface area contributed by atoms with Crippen molar-refractivity contribution in [1.82, 2.24) is 4.98 Å².